The van der Waals surface area contributed by atoms with Crippen molar-refractivity contribution >= 4 is 33.4 Å². The molecule has 1 N–H and O–H groups in total. The van der Waals surface area contributed by atoms with Gasteiger partial charge in [-0.2, -0.15) is 0 Å². The van der Waals surface area contributed by atoms with E-state index in [1.54, 1.807) is 7.05 Å². The molecule has 0 heterocycles. The van der Waals surface area contributed by atoms with E-state index in [0.717, 1.165) is 18.2 Å². The van der Waals surface area contributed by atoms with Crippen LogP contribution in [0.2, 0.25) is 0 Å². The van der Waals surface area contributed by atoms with Crippen LogP contribution in [0.1, 0.15) is 19.3 Å². The predicted octanol–water partition coefficient (Wildman–Crippen LogP) is 2.79. The smallest absolute Gasteiger partial charge is 0.243 e. The van der Waals surface area contributed by atoms with E-state index in [1.807, 2.05) is 0 Å². The van der Waals surface area contributed by atoms with Gasteiger partial charge in [0.1, 0.15) is 5.82 Å². The lowest BCUT2D eigenvalue weighted by atomic mass is 10.2. The second kappa shape index (κ2) is 8.68. The lowest BCUT2D eigenvalue weighted by Gasteiger charge is -2.16. The first kappa shape index (κ1) is 16.6. The predicted molar refractivity (Wildman–Crippen MR) is 80.3 cm³/mol. The maximum Gasteiger partial charge on any atom is 0.243 e. The molecule has 1 aromatic carbocycles. The lowest BCUT2D eigenvalue weighted by molar-refractivity contribution is -0.133. The first-order chi connectivity index (χ1) is 9.52. The normalized spacial score (nSPS) is 10.2. The Hall–Kier alpha value is -1.43. The summed E-state index contributed by atoms with van der Waals surface area (Å²) in [4.78, 5) is 24.9. The van der Waals surface area contributed by atoms with Gasteiger partial charge < -0.3 is 10.2 Å². The molecule has 0 spiro atoms. The molecule has 0 bridgehead atoms. The Bertz CT molecular complexity index is 451. The molecule has 4 nitrogen and oxygen atoms in total. The number of nitrogens with one attached hydrogen (secondary N) is 1. The Kier molecular flexibility index (Phi) is 7.22. The summed E-state index contributed by atoms with van der Waals surface area (Å²) in [5.74, 6) is -0.713. The number of benzene rings is 1. The SMILES string of the molecule is CN(CC(=O)Nc1ccc(F)cc1)C(=O)CCCCBr. The maximum absolute atomic E-state index is 12.7. The molecular weight excluding hydrogens is 327 g/mol. The van der Waals surface area contributed by atoms with Crippen molar-refractivity contribution in [3.8, 4) is 0 Å². The average Bonchev–Trinajstić information content (AvgIpc) is 2.41. The van der Waals surface area contributed by atoms with Crippen molar-refractivity contribution in [2.45, 2.75) is 19.3 Å². The third-order valence-electron chi connectivity index (χ3n) is 2.71. The van der Waals surface area contributed by atoms with Crippen LogP contribution in [0, 0.1) is 5.82 Å². The van der Waals surface area contributed by atoms with Crippen molar-refractivity contribution in [3.63, 3.8) is 0 Å². The molecule has 0 atom stereocenters. The summed E-state index contributed by atoms with van der Waals surface area (Å²) in [6.45, 7) is -0.00940. The minimum atomic E-state index is -0.359. The van der Waals surface area contributed by atoms with Crippen LogP contribution in [-0.2, 0) is 9.59 Å². The monoisotopic (exact) mass is 344 g/mol. The van der Waals surface area contributed by atoms with Crippen molar-refractivity contribution in [2.75, 3.05) is 24.2 Å². The van der Waals surface area contributed by atoms with Crippen LogP contribution in [0.5, 0.6) is 0 Å². The van der Waals surface area contributed by atoms with Gasteiger partial charge in [-0.05, 0) is 37.1 Å². The van der Waals surface area contributed by atoms with Gasteiger partial charge in [-0.25, -0.2) is 4.39 Å². The van der Waals surface area contributed by atoms with Gasteiger partial charge in [0.05, 0.1) is 6.54 Å². The largest absolute Gasteiger partial charge is 0.336 e. The highest BCUT2D eigenvalue weighted by molar-refractivity contribution is 9.09. The van der Waals surface area contributed by atoms with Crippen LogP contribution in [-0.4, -0.2) is 35.6 Å². The molecule has 2 amide bonds. The second-order valence-electron chi connectivity index (χ2n) is 4.45. The number of halogens is 2. The lowest BCUT2D eigenvalue weighted by Crippen LogP contribution is -2.34. The van der Waals surface area contributed by atoms with Crippen LogP contribution < -0.4 is 5.32 Å². The van der Waals surface area contributed by atoms with E-state index >= 15 is 0 Å². The number of anilines is 1. The Balaban J connectivity index is 2.37. The summed E-state index contributed by atoms with van der Waals surface area (Å²) in [6.07, 6.45) is 2.17. The summed E-state index contributed by atoms with van der Waals surface area (Å²) in [6, 6.07) is 5.49. The van der Waals surface area contributed by atoms with Crippen LogP contribution in [0.25, 0.3) is 0 Å². The van der Waals surface area contributed by atoms with Gasteiger partial charge in [-0.15, -0.1) is 0 Å². The number of rotatable bonds is 7. The summed E-state index contributed by atoms with van der Waals surface area (Å²) in [7, 11) is 1.60. The zero-order valence-corrected chi connectivity index (χ0v) is 13.0. The number of unbranched alkanes of at least 4 members (excludes halogenated alkanes) is 1. The molecule has 1 aromatic rings. The van der Waals surface area contributed by atoms with E-state index in [-0.39, 0.29) is 24.2 Å². The van der Waals surface area contributed by atoms with Crippen LogP contribution >= 0.6 is 15.9 Å². The first-order valence-electron chi connectivity index (χ1n) is 6.38. The van der Waals surface area contributed by atoms with E-state index < -0.39 is 0 Å². The van der Waals surface area contributed by atoms with Gasteiger partial charge in [0.25, 0.3) is 0 Å². The topological polar surface area (TPSA) is 49.4 Å². The quantitative estimate of drug-likeness (QED) is 0.610. The number of carbonyl (C=O) groups is 2. The molecule has 0 fully saturated rings. The zero-order valence-electron chi connectivity index (χ0n) is 11.4. The average molecular weight is 345 g/mol. The maximum atomic E-state index is 12.7. The Morgan fingerprint density at radius 1 is 1.25 bits per heavy atom. The second-order valence-corrected chi connectivity index (χ2v) is 5.24. The Morgan fingerprint density at radius 3 is 2.50 bits per heavy atom. The summed E-state index contributed by atoms with van der Waals surface area (Å²) < 4.78 is 12.7. The third-order valence-corrected chi connectivity index (χ3v) is 3.27. The molecule has 0 aliphatic rings. The van der Waals surface area contributed by atoms with Crippen LogP contribution in [0.3, 0.4) is 0 Å². The van der Waals surface area contributed by atoms with E-state index in [2.05, 4.69) is 21.2 Å². The number of hydrogen-bond donors (Lipinski definition) is 1. The molecule has 0 saturated heterocycles. The van der Waals surface area contributed by atoms with Crippen LogP contribution in [0.4, 0.5) is 10.1 Å². The molecule has 0 saturated carbocycles. The minimum absolute atomic E-state index is 0.00940. The number of amides is 2. The van der Waals surface area contributed by atoms with Crippen LogP contribution in [0.15, 0.2) is 24.3 Å². The first-order valence-corrected chi connectivity index (χ1v) is 7.50. The Morgan fingerprint density at radius 2 is 1.90 bits per heavy atom. The molecular formula is C14H18BrFN2O2. The molecule has 6 heteroatoms. The van der Waals surface area contributed by atoms with Crippen molar-refractivity contribution in [3.05, 3.63) is 30.1 Å². The molecule has 0 aliphatic heterocycles. The van der Waals surface area contributed by atoms with E-state index in [9.17, 15) is 14.0 Å². The molecule has 0 radical (unpaired) electrons. The number of alkyl halides is 1. The highest BCUT2D eigenvalue weighted by Gasteiger charge is 2.12. The van der Waals surface area contributed by atoms with Gasteiger partial charge in [-0.3, -0.25) is 9.59 Å². The van der Waals surface area contributed by atoms with E-state index in [1.165, 1.54) is 29.2 Å². The van der Waals surface area contributed by atoms with Gasteiger partial charge in [0.15, 0.2) is 0 Å². The van der Waals surface area contributed by atoms with Gasteiger partial charge in [-0.1, -0.05) is 15.9 Å². The third kappa shape index (κ3) is 6.14. The number of carbonyl (C=O) groups excluding carboxylic acids is 2. The fourth-order valence-electron chi connectivity index (χ4n) is 1.60. The number of nitrogens with zero attached hydrogens (tertiary/aromatic N) is 1. The highest BCUT2D eigenvalue weighted by atomic mass is 79.9. The molecule has 0 aliphatic carbocycles. The van der Waals surface area contributed by atoms with Crippen molar-refractivity contribution in [1.29, 1.82) is 0 Å². The number of hydrogen-bond acceptors (Lipinski definition) is 2. The van der Waals surface area contributed by atoms with E-state index in [0.29, 0.717) is 12.1 Å². The fraction of sp³-hybridized carbons (Fsp3) is 0.429. The minimum Gasteiger partial charge on any atom is -0.336 e. The van der Waals surface area contributed by atoms with Crippen molar-refractivity contribution < 1.29 is 14.0 Å². The van der Waals surface area contributed by atoms with Crippen molar-refractivity contribution in [2.24, 2.45) is 0 Å². The van der Waals surface area contributed by atoms with Gasteiger partial charge in [0.2, 0.25) is 11.8 Å². The van der Waals surface area contributed by atoms with Crippen molar-refractivity contribution in [1.82, 2.24) is 4.90 Å². The molecule has 20 heavy (non-hydrogen) atoms. The molecule has 0 unspecified atom stereocenters. The summed E-state index contributed by atoms with van der Waals surface area (Å²) in [5, 5.41) is 3.49. The highest BCUT2D eigenvalue weighted by Crippen LogP contribution is 2.08. The fourth-order valence-corrected chi connectivity index (χ4v) is 2.00. The van der Waals surface area contributed by atoms with Gasteiger partial charge >= 0.3 is 0 Å². The molecule has 1 rings (SSSR count). The standard InChI is InChI=1S/C14H18BrFN2O2/c1-18(14(20)4-2-3-9-15)10-13(19)17-12-7-5-11(16)6-8-12/h5-8H,2-4,9-10H2,1H3,(H,17,19). The molecule has 110 valence electrons. The zero-order chi connectivity index (χ0) is 15.0. The Labute approximate surface area is 126 Å². The summed E-state index contributed by atoms with van der Waals surface area (Å²) in [5.41, 5.74) is 0.511. The molecule has 0 aromatic heterocycles. The number of likely N-dealkylation sites (N-methyl/N-ethyl adjacent to an activating group) is 1. The van der Waals surface area contributed by atoms with Gasteiger partial charge in [0, 0.05) is 24.5 Å². The van der Waals surface area contributed by atoms with E-state index in [4.69, 9.17) is 0 Å². The summed E-state index contributed by atoms with van der Waals surface area (Å²) >= 11 is 3.30.